The molecule has 104 valence electrons. The normalized spacial score (nSPS) is 10.3. The molecule has 0 spiro atoms. The number of rotatable bonds is 4. The number of nitro benzene ring substituents is 1. The first kappa shape index (κ1) is 15.0. The van der Waals surface area contributed by atoms with Crippen LogP contribution in [0.15, 0.2) is 36.4 Å². The van der Waals surface area contributed by atoms with Crippen LogP contribution in [0.1, 0.15) is 5.56 Å². The minimum Gasteiger partial charge on any atom is -0.380 e. The standard InChI is InChI=1S/C13H9ClFIN2O2/c14-10-5-8(1-3-11(10)15)7-17-13-4-2-9(18(19)20)6-12(13)16/h1-6,17H,7H2. The molecule has 0 aliphatic carbocycles. The van der Waals surface area contributed by atoms with Crippen LogP contribution in [0, 0.1) is 19.5 Å². The maximum atomic E-state index is 13.0. The Morgan fingerprint density at radius 1 is 1.30 bits per heavy atom. The molecule has 4 nitrogen and oxygen atoms in total. The summed E-state index contributed by atoms with van der Waals surface area (Å²) < 4.78 is 13.8. The van der Waals surface area contributed by atoms with Gasteiger partial charge in [-0.15, -0.1) is 0 Å². The second kappa shape index (κ2) is 6.36. The average Bonchev–Trinajstić information content (AvgIpc) is 2.41. The van der Waals surface area contributed by atoms with Gasteiger partial charge in [0.2, 0.25) is 0 Å². The lowest BCUT2D eigenvalue weighted by Gasteiger charge is -2.09. The van der Waals surface area contributed by atoms with Gasteiger partial charge in [-0.25, -0.2) is 4.39 Å². The van der Waals surface area contributed by atoms with Crippen LogP contribution in [0.5, 0.6) is 0 Å². The van der Waals surface area contributed by atoms with Crippen molar-refractivity contribution in [2.24, 2.45) is 0 Å². The number of non-ortho nitro benzene ring substituents is 1. The molecule has 0 fully saturated rings. The Morgan fingerprint density at radius 3 is 2.65 bits per heavy atom. The minimum absolute atomic E-state index is 0.0461. The summed E-state index contributed by atoms with van der Waals surface area (Å²) in [5, 5.41) is 13.8. The summed E-state index contributed by atoms with van der Waals surface area (Å²) in [7, 11) is 0. The van der Waals surface area contributed by atoms with Gasteiger partial charge in [-0.1, -0.05) is 17.7 Å². The van der Waals surface area contributed by atoms with Gasteiger partial charge in [0.1, 0.15) is 5.82 Å². The Hall–Kier alpha value is -1.41. The molecule has 0 saturated heterocycles. The van der Waals surface area contributed by atoms with E-state index in [0.29, 0.717) is 6.54 Å². The van der Waals surface area contributed by atoms with Crippen LogP contribution < -0.4 is 5.32 Å². The van der Waals surface area contributed by atoms with Crippen molar-refractivity contribution in [2.45, 2.75) is 6.54 Å². The second-order valence-corrected chi connectivity index (χ2v) is 5.59. The van der Waals surface area contributed by atoms with Crippen molar-refractivity contribution in [3.05, 3.63) is 66.5 Å². The first-order valence-corrected chi connectivity index (χ1v) is 7.05. The Labute approximate surface area is 133 Å². The molecule has 0 heterocycles. The van der Waals surface area contributed by atoms with Crippen LogP contribution >= 0.6 is 34.2 Å². The van der Waals surface area contributed by atoms with Crippen molar-refractivity contribution < 1.29 is 9.31 Å². The fraction of sp³-hybridized carbons (Fsp3) is 0.0769. The number of nitrogens with one attached hydrogen (secondary N) is 1. The Morgan fingerprint density at radius 2 is 2.05 bits per heavy atom. The molecule has 2 aromatic carbocycles. The third-order valence-corrected chi connectivity index (χ3v) is 3.81. The Balaban J connectivity index is 2.10. The summed E-state index contributed by atoms with van der Waals surface area (Å²) >= 11 is 7.72. The highest BCUT2D eigenvalue weighted by Crippen LogP contribution is 2.24. The second-order valence-electron chi connectivity index (χ2n) is 4.02. The summed E-state index contributed by atoms with van der Waals surface area (Å²) in [5.74, 6) is -0.458. The van der Waals surface area contributed by atoms with Gasteiger partial charge in [0.05, 0.1) is 9.95 Å². The largest absolute Gasteiger partial charge is 0.380 e. The third kappa shape index (κ3) is 3.57. The number of hydrogen-bond donors (Lipinski definition) is 1. The fourth-order valence-corrected chi connectivity index (χ4v) is 2.50. The van der Waals surface area contributed by atoms with E-state index in [2.05, 4.69) is 5.32 Å². The molecule has 0 aromatic heterocycles. The van der Waals surface area contributed by atoms with Gasteiger partial charge in [-0.3, -0.25) is 10.1 Å². The molecule has 2 rings (SSSR count). The zero-order chi connectivity index (χ0) is 14.7. The third-order valence-electron chi connectivity index (χ3n) is 2.63. The maximum Gasteiger partial charge on any atom is 0.270 e. The van der Waals surface area contributed by atoms with E-state index in [1.165, 1.54) is 18.2 Å². The first-order chi connectivity index (χ1) is 9.47. The fourth-order valence-electron chi connectivity index (χ4n) is 1.61. The van der Waals surface area contributed by atoms with Gasteiger partial charge in [-0.2, -0.15) is 0 Å². The number of hydrogen-bond acceptors (Lipinski definition) is 3. The molecular formula is C13H9ClFIN2O2. The zero-order valence-electron chi connectivity index (χ0n) is 10.1. The monoisotopic (exact) mass is 406 g/mol. The Bertz CT molecular complexity index is 667. The average molecular weight is 407 g/mol. The van der Waals surface area contributed by atoms with E-state index in [4.69, 9.17) is 11.6 Å². The van der Waals surface area contributed by atoms with Crippen molar-refractivity contribution in [2.75, 3.05) is 5.32 Å². The van der Waals surface area contributed by atoms with Gasteiger partial charge in [0.15, 0.2) is 0 Å². The summed E-state index contributed by atoms with van der Waals surface area (Å²) in [6, 6.07) is 9.04. The predicted octanol–water partition coefficient (Wildman–Crippen LogP) is 4.60. The first-order valence-electron chi connectivity index (χ1n) is 5.59. The topological polar surface area (TPSA) is 55.2 Å². The van der Waals surface area contributed by atoms with Gasteiger partial charge in [0, 0.05) is 27.9 Å². The van der Waals surface area contributed by atoms with Crippen molar-refractivity contribution in [3.8, 4) is 0 Å². The highest BCUT2D eigenvalue weighted by Gasteiger charge is 2.09. The molecule has 0 bridgehead atoms. The number of halogens is 3. The van der Waals surface area contributed by atoms with Crippen molar-refractivity contribution in [1.29, 1.82) is 0 Å². The van der Waals surface area contributed by atoms with Gasteiger partial charge < -0.3 is 5.32 Å². The number of nitro groups is 1. The van der Waals surface area contributed by atoms with Gasteiger partial charge in [0.25, 0.3) is 5.69 Å². The molecule has 0 aliphatic heterocycles. The number of benzene rings is 2. The maximum absolute atomic E-state index is 13.0. The van der Waals surface area contributed by atoms with Crippen LogP contribution in [0.3, 0.4) is 0 Å². The highest BCUT2D eigenvalue weighted by atomic mass is 127. The van der Waals surface area contributed by atoms with E-state index in [0.717, 1.165) is 14.8 Å². The lowest BCUT2D eigenvalue weighted by Crippen LogP contribution is -2.02. The Kier molecular flexibility index (Phi) is 4.77. The van der Waals surface area contributed by atoms with E-state index < -0.39 is 10.7 Å². The SMILES string of the molecule is O=[N+]([O-])c1ccc(NCc2ccc(F)c(Cl)c2)c(I)c1. The van der Waals surface area contributed by atoms with E-state index >= 15 is 0 Å². The molecule has 0 aliphatic rings. The molecule has 20 heavy (non-hydrogen) atoms. The molecule has 0 amide bonds. The van der Waals surface area contributed by atoms with Crippen molar-refractivity contribution in [3.63, 3.8) is 0 Å². The molecule has 1 N–H and O–H groups in total. The lowest BCUT2D eigenvalue weighted by molar-refractivity contribution is -0.384. The highest BCUT2D eigenvalue weighted by molar-refractivity contribution is 14.1. The quantitative estimate of drug-likeness (QED) is 0.458. The van der Waals surface area contributed by atoms with E-state index in [9.17, 15) is 14.5 Å². The number of anilines is 1. The predicted molar refractivity (Wildman–Crippen MR) is 84.6 cm³/mol. The summed E-state index contributed by atoms with van der Waals surface area (Å²) in [6.07, 6.45) is 0. The van der Waals surface area contributed by atoms with Crippen LogP contribution in [0.4, 0.5) is 15.8 Å². The number of nitrogens with zero attached hydrogens (tertiary/aromatic N) is 1. The van der Waals surface area contributed by atoms with E-state index in [1.54, 1.807) is 18.2 Å². The molecule has 7 heteroatoms. The summed E-state index contributed by atoms with van der Waals surface area (Å²) in [4.78, 5) is 10.2. The van der Waals surface area contributed by atoms with Crippen molar-refractivity contribution in [1.82, 2.24) is 0 Å². The van der Waals surface area contributed by atoms with E-state index in [1.807, 2.05) is 22.6 Å². The molecule has 0 atom stereocenters. The molecule has 0 unspecified atom stereocenters. The summed E-state index contributed by atoms with van der Waals surface area (Å²) in [5.41, 5.74) is 1.65. The smallest absolute Gasteiger partial charge is 0.270 e. The minimum atomic E-state index is -0.458. The van der Waals surface area contributed by atoms with Crippen molar-refractivity contribution >= 4 is 45.6 Å². The van der Waals surface area contributed by atoms with Crippen LogP contribution in [-0.2, 0) is 6.54 Å². The van der Waals surface area contributed by atoms with Crippen LogP contribution in [0.2, 0.25) is 5.02 Å². The van der Waals surface area contributed by atoms with Gasteiger partial charge >= 0.3 is 0 Å². The van der Waals surface area contributed by atoms with Gasteiger partial charge in [-0.05, 0) is 46.4 Å². The molecular weight excluding hydrogens is 398 g/mol. The molecule has 2 aromatic rings. The molecule has 0 saturated carbocycles. The zero-order valence-corrected chi connectivity index (χ0v) is 13.0. The van der Waals surface area contributed by atoms with E-state index in [-0.39, 0.29) is 10.7 Å². The van der Waals surface area contributed by atoms with Crippen LogP contribution in [0.25, 0.3) is 0 Å². The molecule has 0 radical (unpaired) electrons. The van der Waals surface area contributed by atoms with Crippen LogP contribution in [-0.4, -0.2) is 4.92 Å². The summed E-state index contributed by atoms with van der Waals surface area (Å²) in [6.45, 7) is 0.452. The lowest BCUT2D eigenvalue weighted by atomic mass is 10.2.